The van der Waals surface area contributed by atoms with Crippen LogP contribution in [0.2, 0.25) is 0 Å². The molecule has 1 heterocycles. The number of thiazole rings is 1. The number of esters is 1. The molecule has 2 aromatic carbocycles. The van der Waals surface area contributed by atoms with E-state index in [-0.39, 0.29) is 24.6 Å². The van der Waals surface area contributed by atoms with Crippen molar-refractivity contribution in [2.45, 2.75) is 20.0 Å². The fourth-order valence-corrected chi connectivity index (χ4v) is 3.20. The Morgan fingerprint density at radius 2 is 2.23 bits per heavy atom. The predicted octanol–water partition coefficient (Wildman–Crippen LogP) is 4.28. The SMILES string of the molecule is CCOC(=O)Cc1csc(NN=Cc2cccc(OCc3ccc(C#N)cc3F)c2)n1. The maximum atomic E-state index is 14.0. The molecule has 0 atom stereocenters. The van der Waals surface area contributed by atoms with Crippen molar-refractivity contribution in [3.8, 4) is 11.8 Å². The van der Waals surface area contributed by atoms with Crippen LogP contribution in [0.5, 0.6) is 5.75 Å². The van der Waals surface area contributed by atoms with Gasteiger partial charge in [-0.2, -0.15) is 10.4 Å². The van der Waals surface area contributed by atoms with Gasteiger partial charge in [0.05, 0.1) is 36.6 Å². The molecule has 0 aliphatic heterocycles. The third-order valence-electron chi connectivity index (χ3n) is 3.99. The van der Waals surface area contributed by atoms with Crippen LogP contribution in [0, 0.1) is 17.1 Å². The summed E-state index contributed by atoms with van der Waals surface area (Å²) in [7, 11) is 0. The monoisotopic (exact) mass is 438 g/mol. The van der Waals surface area contributed by atoms with E-state index in [2.05, 4.69) is 15.5 Å². The van der Waals surface area contributed by atoms with E-state index in [0.717, 1.165) is 5.56 Å². The van der Waals surface area contributed by atoms with Crippen LogP contribution >= 0.6 is 11.3 Å². The highest BCUT2D eigenvalue weighted by molar-refractivity contribution is 7.13. The summed E-state index contributed by atoms with van der Waals surface area (Å²) in [5.41, 5.74) is 4.84. The number of carbonyl (C=O) groups is 1. The highest BCUT2D eigenvalue weighted by atomic mass is 32.1. The van der Waals surface area contributed by atoms with Gasteiger partial charge in [-0.05, 0) is 36.8 Å². The first-order valence-corrected chi connectivity index (χ1v) is 10.3. The number of nitrogens with one attached hydrogen (secondary N) is 1. The van der Waals surface area contributed by atoms with Gasteiger partial charge in [0, 0.05) is 10.9 Å². The predicted molar refractivity (Wildman–Crippen MR) is 116 cm³/mol. The number of halogens is 1. The molecule has 1 N–H and O–H groups in total. The topological polar surface area (TPSA) is 96.6 Å². The Morgan fingerprint density at radius 1 is 1.35 bits per heavy atom. The highest BCUT2D eigenvalue weighted by Crippen LogP contribution is 2.18. The summed E-state index contributed by atoms with van der Waals surface area (Å²) < 4.78 is 24.5. The van der Waals surface area contributed by atoms with Crippen molar-refractivity contribution in [2.24, 2.45) is 5.10 Å². The number of hydrazone groups is 1. The third-order valence-corrected chi connectivity index (χ3v) is 4.79. The number of ether oxygens (including phenoxy) is 2. The van der Waals surface area contributed by atoms with Crippen LogP contribution in [0.15, 0.2) is 52.9 Å². The van der Waals surface area contributed by atoms with Crippen LogP contribution in [0.25, 0.3) is 0 Å². The number of hydrogen-bond donors (Lipinski definition) is 1. The van der Waals surface area contributed by atoms with E-state index in [1.807, 2.05) is 12.1 Å². The Balaban J connectivity index is 1.54. The number of anilines is 1. The summed E-state index contributed by atoms with van der Waals surface area (Å²) in [4.78, 5) is 15.8. The first kappa shape index (κ1) is 21.9. The molecule has 1 aromatic heterocycles. The molecule has 0 unspecified atom stereocenters. The smallest absolute Gasteiger partial charge is 0.311 e. The van der Waals surface area contributed by atoms with Gasteiger partial charge in [-0.25, -0.2) is 9.37 Å². The van der Waals surface area contributed by atoms with E-state index < -0.39 is 5.82 Å². The number of aromatic nitrogens is 1. The minimum atomic E-state index is -0.480. The number of nitriles is 1. The normalized spacial score (nSPS) is 10.6. The van der Waals surface area contributed by atoms with Crippen molar-refractivity contribution >= 4 is 28.7 Å². The molecule has 0 aliphatic carbocycles. The molecule has 7 nitrogen and oxygen atoms in total. The summed E-state index contributed by atoms with van der Waals surface area (Å²) in [5, 5.41) is 15.3. The van der Waals surface area contributed by atoms with E-state index in [0.29, 0.717) is 28.7 Å². The minimum Gasteiger partial charge on any atom is -0.489 e. The average molecular weight is 438 g/mol. The van der Waals surface area contributed by atoms with Gasteiger partial charge in [-0.3, -0.25) is 10.2 Å². The molecule has 0 fully saturated rings. The number of rotatable bonds is 9. The average Bonchev–Trinajstić information content (AvgIpc) is 3.20. The van der Waals surface area contributed by atoms with Gasteiger partial charge in [0.2, 0.25) is 5.13 Å². The van der Waals surface area contributed by atoms with Gasteiger partial charge in [-0.15, -0.1) is 11.3 Å². The molecule has 0 aliphatic rings. The van der Waals surface area contributed by atoms with E-state index in [1.165, 1.54) is 23.5 Å². The van der Waals surface area contributed by atoms with Crippen LogP contribution in [0.1, 0.15) is 29.3 Å². The maximum Gasteiger partial charge on any atom is 0.311 e. The van der Waals surface area contributed by atoms with E-state index in [4.69, 9.17) is 14.7 Å². The van der Waals surface area contributed by atoms with Crippen molar-refractivity contribution in [1.82, 2.24) is 4.98 Å². The lowest BCUT2D eigenvalue weighted by atomic mass is 10.1. The molecule has 0 spiro atoms. The molecule has 158 valence electrons. The second-order valence-electron chi connectivity index (χ2n) is 6.27. The summed E-state index contributed by atoms with van der Waals surface area (Å²) >= 11 is 1.33. The van der Waals surface area contributed by atoms with E-state index in [1.54, 1.807) is 42.8 Å². The Labute approximate surface area is 182 Å². The number of benzene rings is 2. The lowest BCUT2D eigenvalue weighted by Gasteiger charge is -2.08. The second-order valence-corrected chi connectivity index (χ2v) is 7.13. The molecule has 3 aromatic rings. The zero-order chi connectivity index (χ0) is 22.1. The van der Waals surface area contributed by atoms with E-state index in [9.17, 15) is 9.18 Å². The van der Waals surface area contributed by atoms with Gasteiger partial charge in [0.25, 0.3) is 0 Å². The minimum absolute atomic E-state index is 0.0404. The highest BCUT2D eigenvalue weighted by Gasteiger charge is 2.08. The molecule has 0 bridgehead atoms. The van der Waals surface area contributed by atoms with E-state index >= 15 is 0 Å². The number of nitrogens with zero attached hydrogens (tertiary/aromatic N) is 3. The third kappa shape index (κ3) is 6.62. The van der Waals surface area contributed by atoms with Crippen molar-refractivity contribution in [3.63, 3.8) is 0 Å². The molecule has 0 amide bonds. The van der Waals surface area contributed by atoms with Crippen LogP contribution in [-0.2, 0) is 22.6 Å². The van der Waals surface area contributed by atoms with Crippen molar-refractivity contribution < 1.29 is 18.7 Å². The quantitative estimate of drug-likeness (QED) is 0.304. The summed E-state index contributed by atoms with van der Waals surface area (Å²) in [5.74, 6) is -0.244. The largest absolute Gasteiger partial charge is 0.489 e. The first-order valence-electron chi connectivity index (χ1n) is 9.38. The Bertz CT molecular complexity index is 1120. The zero-order valence-electron chi connectivity index (χ0n) is 16.7. The summed E-state index contributed by atoms with van der Waals surface area (Å²) in [6.45, 7) is 2.13. The summed E-state index contributed by atoms with van der Waals surface area (Å²) in [6.07, 6.45) is 1.72. The number of hydrogen-bond acceptors (Lipinski definition) is 8. The molecular formula is C22H19FN4O3S. The van der Waals surface area contributed by atoms with Crippen molar-refractivity contribution in [1.29, 1.82) is 5.26 Å². The standard InChI is InChI=1S/C22H19FN4O3S/c1-2-29-21(28)10-18-14-31-22(26-18)27-25-12-16-4-3-5-19(8-16)30-13-17-7-6-15(11-24)9-20(17)23/h3-9,12,14H,2,10,13H2,1H3,(H,26,27). The van der Waals surface area contributed by atoms with Crippen LogP contribution < -0.4 is 10.2 Å². The lowest BCUT2D eigenvalue weighted by Crippen LogP contribution is -2.07. The first-order chi connectivity index (χ1) is 15.1. The molecule has 0 saturated heterocycles. The zero-order valence-corrected chi connectivity index (χ0v) is 17.5. The molecule has 9 heteroatoms. The van der Waals surface area contributed by atoms with Gasteiger partial charge in [0.1, 0.15) is 18.2 Å². The second kappa shape index (κ2) is 10.8. The molecule has 0 radical (unpaired) electrons. The summed E-state index contributed by atoms with van der Waals surface area (Å²) in [6, 6.07) is 13.3. The fourth-order valence-electron chi connectivity index (χ4n) is 2.54. The van der Waals surface area contributed by atoms with Crippen LogP contribution in [0.4, 0.5) is 9.52 Å². The number of carbonyl (C=O) groups excluding carboxylic acids is 1. The van der Waals surface area contributed by atoms with Crippen LogP contribution in [0.3, 0.4) is 0 Å². The molecule has 31 heavy (non-hydrogen) atoms. The van der Waals surface area contributed by atoms with Crippen molar-refractivity contribution in [2.75, 3.05) is 12.0 Å². The Morgan fingerprint density at radius 3 is 3.00 bits per heavy atom. The van der Waals surface area contributed by atoms with Gasteiger partial charge >= 0.3 is 5.97 Å². The Hall–Kier alpha value is -3.77. The molecular weight excluding hydrogens is 419 g/mol. The van der Waals surface area contributed by atoms with Crippen molar-refractivity contribution in [3.05, 3.63) is 76.0 Å². The van der Waals surface area contributed by atoms with Gasteiger partial charge in [0.15, 0.2) is 0 Å². The molecule has 3 rings (SSSR count). The van der Waals surface area contributed by atoms with Gasteiger partial charge < -0.3 is 9.47 Å². The lowest BCUT2D eigenvalue weighted by molar-refractivity contribution is -0.142. The Kier molecular flexibility index (Phi) is 7.67. The fraction of sp³-hybridized carbons (Fsp3) is 0.182. The van der Waals surface area contributed by atoms with Crippen LogP contribution in [-0.4, -0.2) is 23.8 Å². The van der Waals surface area contributed by atoms with Gasteiger partial charge in [-0.1, -0.05) is 18.2 Å². The molecule has 0 saturated carbocycles. The maximum absolute atomic E-state index is 14.0.